The zero-order chi connectivity index (χ0) is 12.3. The third-order valence-electron chi connectivity index (χ3n) is 1.93. The predicted octanol–water partition coefficient (Wildman–Crippen LogP) is 2.77. The lowest BCUT2D eigenvalue weighted by atomic mass is 10.1. The van der Waals surface area contributed by atoms with Gasteiger partial charge in [0.05, 0.1) is 11.3 Å². The molecule has 0 aliphatic carbocycles. The minimum absolute atomic E-state index is 0.127. The minimum atomic E-state index is -1.08. The van der Waals surface area contributed by atoms with Crippen LogP contribution in [0.5, 0.6) is 0 Å². The summed E-state index contributed by atoms with van der Waals surface area (Å²) in [5, 5.41) is 19.8. The van der Waals surface area contributed by atoms with Crippen molar-refractivity contribution in [2.75, 3.05) is 0 Å². The zero-order valence-electron chi connectivity index (χ0n) is 7.94. The molecule has 0 aromatic heterocycles. The third-order valence-corrected chi connectivity index (χ3v) is 2.89. The van der Waals surface area contributed by atoms with Gasteiger partial charge in [-0.3, -0.25) is 14.9 Å². The first-order chi connectivity index (χ1) is 7.45. The molecule has 16 heavy (non-hydrogen) atoms. The lowest BCUT2D eigenvalue weighted by Gasteiger charge is -2.04. The number of rotatable bonds is 4. The molecular weight excluding hydrogens is 301 g/mol. The molecule has 1 rings (SSSR count). The molecule has 0 aliphatic heterocycles. The molecular formula is C9H7BrClNO4. The van der Waals surface area contributed by atoms with Crippen LogP contribution < -0.4 is 0 Å². The molecule has 0 unspecified atom stereocenters. The Bertz CT molecular complexity index is 449. The molecule has 1 N–H and O–H groups in total. The highest BCUT2D eigenvalue weighted by Gasteiger charge is 2.17. The van der Waals surface area contributed by atoms with Gasteiger partial charge in [-0.1, -0.05) is 27.5 Å². The molecule has 0 saturated heterocycles. The maximum absolute atomic E-state index is 10.7. The van der Waals surface area contributed by atoms with E-state index in [0.717, 1.165) is 0 Å². The summed E-state index contributed by atoms with van der Waals surface area (Å²) in [5.41, 5.74) is 0.534. The van der Waals surface area contributed by atoms with Crippen LogP contribution in [0.4, 0.5) is 5.69 Å². The molecule has 1 aromatic carbocycles. The normalized spacial score (nSPS) is 10.1. The van der Waals surface area contributed by atoms with E-state index in [9.17, 15) is 14.9 Å². The first-order valence-corrected chi connectivity index (χ1v) is 5.69. The number of alkyl halides is 1. The minimum Gasteiger partial charge on any atom is -0.481 e. The van der Waals surface area contributed by atoms with E-state index in [2.05, 4.69) is 15.9 Å². The van der Waals surface area contributed by atoms with Gasteiger partial charge in [-0.25, -0.2) is 0 Å². The Hall–Kier alpha value is -1.14. The van der Waals surface area contributed by atoms with Gasteiger partial charge in [0.2, 0.25) is 0 Å². The summed E-state index contributed by atoms with van der Waals surface area (Å²) in [5.74, 6) is -1.08. The summed E-state index contributed by atoms with van der Waals surface area (Å²) in [6.45, 7) is 0. The molecule has 0 radical (unpaired) electrons. The summed E-state index contributed by atoms with van der Waals surface area (Å²) in [4.78, 5) is 20.7. The van der Waals surface area contributed by atoms with Crippen molar-refractivity contribution in [1.82, 2.24) is 0 Å². The summed E-state index contributed by atoms with van der Waals surface area (Å²) in [6.07, 6.45) is -0.331. The van der Waals surface area contributed by atoms with E-state index >= 15 is 0 Å². The van der Waals surface area contributed by atoms with E-state index in [4.69, 9.17) is 16.7 Å². The van der Waals surface area contributed by atoms with Crippen LogP contribution in [0.25, 0.3) is 0 Å². The van der Waals surface area contributed by atoms with Crippen LogP contribution in [0, 0.1) is 10.1 Å². The Morgan fingerprint density at radius 3 is 2.56 bits per heavy atom. The maximum atomic E-state index is 10.7. The molecule has 0 saturated carbocycles. The van der Waals surface area contributed by atoms with E-state index in [1.807, 2.05) is 0 Å². The van der Waals surface area contributed by atoms with Crippen LogP contribution in [-0.2, 0) is 16.5 Å². The SMILES string of the molecule is O=C(O)Cc1cc([N+](=O)[O-])c(CBr)cc1Cl. The summed E-state index contributed by atoms with van der Waals surface area (Å²) < 4.78 is 0. The molecule has 1 aromatic rings. The molecule has 0 spiro atoms. The molecule has 7 heteroatoms. The molecule has 0 amide bonds. The van der Waals surface area contributed by atoms with Crippen LogP contribution in [0.1, 0.15) is 11.1 Å². The Kier molecular flexibility index (Phi) is 4.26. The van der Waals surface area contributed by atoms with E-state index in [1.54, 1.807) is 0 Å². The topological polar surface area (TPSA) is 80.4 Å². The number of hydrogen-bond donors (Lipinski definition) is 1. The highest BCUT2D eigenvalue weighted by atomic mass is 79.9. The van der Waals surface area contributed by atoms with E-state index in [-0.39, 0.29) is 28.0 Å². The first kappa shape index (κ1) is 12.9. The number of nitro benzene ring substituents is 1. The number of carboxylic acids is 1. The standard InChI is InChI=1S/C9H7BrClNO4/c10-4-6-1-7(11)5(3-9(13)14)2-8(6)12(15)16/h1-2H,3-4H2,(H,13,14). The van der Waals surface area contributed by atoms with E-state index < -0.39 is 10.9 Å². The number of carbonyl (C=O) groups is 1. The number of hydrogen-bond acceptors (Lipinski definition) is 3. The van der Waals surface area contributed by atoms with Gasteiger partial charge in [0.15, 0.2) is 0 Å². The molecule has 0 aliphatic rings. The molecule has 5 nitrogen and oxygen atoms in total. The van der Waals surface area contributed by atoms with Crippen LogP contribution in [-0.4, -0.2) is 16.0 Å². The summed E-state index contributed by atoms with van der Waals surface area (Å²) >= 11 is 8.93. The smallest absolute Gasteiger partial charge is 0.307 e. The average molecular weight is 309 g/mol. The molecule has 0 fully saturated rings. The fourth-order valence-corrected chi connectivity index (χ4v) is 1.92. The molecule has 0 bridgehead atoms. The van der Waals surface area contributed by atoms with Crippen LogP contribution in [0.15, 0.2) is 12.1 Å². The third kappa shape index (κ3) is 2.93. The van der Waals surface area contributed by atoms with Crippen molar-refractivity contribution in [3.8, 4) is 0 Å². The average Bonchev–Trinajstić information content (AvgIpc) is 2.19. The van der Waals surface area contributed by atoms with Crippen LogP contribution in [0.2, 0.25) is 5.02 Å². The quantitative estimate of drug-likeness (QED) is 0.527. The van der Waals surface area contributed by atoms with Crippen LogP contribution >= 0.6 is 27.5 Å². The van der Waals surface area contributed by atoms with Crippen molar-refractivity contribution < 1.29 is 14.8 Å². The lowest BCUT2D eigenvalue weighted by molar-refractivity contribution is -0.385. The van der Waals surface area contributed by atoms with Gasteiger partial charge in [-0.15, -0.1) is 0 Å². The van der Waals surface area contributed by atoms with Gasteiger partial charge in [0.1, 0.15) is 0 Å². The van der Waals surface area contributed by atoms with Crippen molar-refractivity contribution in [1.29, 1.82) is 0 Å². The van der Waals surface area contributed by atoms with Gasteiger partial charge < -0.3 is 5.11 Å². The monoisotopic (exact) mass is 307 g/mol. The molecule has 0 heterocycles. The number of benzene rings is 1. The summed E-state index contributed by atoms with van der Waals surface area (Å²) in [7, 11) is 0. The first-order valence-electron chi connectivity index (χ1n) is 4.19. The second kappa shape index (κ2) is 5.27. The Morgan fingerprint density at radius 2 is 2.12 bits per heavy atom. The zero-order valence-corrected chi connectivity index (χ0v) is 10.3. The van der Waals surface area contributed by atoms with Gasteiger partial charge in [-0.05, 0) is 11.6 Å². The number of halogens is 2. The highest BCUT2D eigenvalue weighted by molar-refractivity contribution is 9.08. The van der Waals surface area contributed by atoms with Crippen molar-refractivity contribution in [3.05, 3.63) is 38.4 Å². The van der Waals surface area contributed by atoms with Crippen molar-refractivity contribution in [2.45, 2.75) is 11.8 Å². The second-order valence-corrected chi connectivity index (χ2v) is 4.00. The number of nitrogens with zero attached hydrogens (tertiary/aromatic N) is 1. The highest BCUT2D eigenvalue weighted by Crippen LogP contribution is 2.28. The Labute approximate surface area is 104 Å². The fraction of sp³-hybridized carbons (Fsp3) is 0.222. The number of carboxylic acid groups (broad SMARTS) is 1. The largest absolute Gasteiger partial charge is 0.481 e. The molecule has 0 atom stereocenters. The van der Waals surface area contributed by atoms with Gasteiger partial charge in [-0.2, -0.15) is 0 Å². The number of nitro groups is 1. The predicted molar refractivity (Wildman–Crippen MR) is 62.1 cm³/mol. The summed E-state index contributed by atoms with van der Waals surface area (Å²) in [6, 6.07) is 2.61. The van der Waals surface area contributed by atoms with E-state index in [0.29, 0.717) is 5.56 Å². The van der Waals surface area contributed by atoms with Crippen LogP contribution in [0.3, 0.4) is 0 Å². The number of aliphatic carboxylic acids is 1. The Morgan fingerprint density at radius 1 is 1.50 bits per heavy atom. The van der Waals surface area contributed by atoms with Crippen molar-refractivity contribution >= 4 is 39.2 Å². The maximum Gasteiger partial charge on any atom is 0.307 e. The Balaban J connectivity index is 3.27. The van der Waals surface area contributed by atoms with Gasteiger partial charge >= 0.3 is 5.97 Å². The van der Waals surface area contributed by atoms with Crippen molar-refractivity contribution in [3.63, 3.8) is 0 Å². The van der Waals surface area contributed by atoms with Gasteiger partial charge in [0, 0.05) is 22.0 Å². The second-order valence-electron chi connectivity index (χ2n) is 3.03. The fourth-order valence-electron chi connectivity index (χ4n) is 1.22. The van der Waals surface area contributed by atoms with Crippen molar-refractivity contribution in [2.24, 2.45) is 0 Å². The van der Waals surface area contributed by atoms with E-state index in [1.165, 1.54) is 12.1 Å². The molecule has 86 valence electrons. The lowest BCUT2D eigenvalue weighted by Crippen LogP contribution is -2.03. The van der Waals surface area contributed by atoms with Gasteiger partial charge in [0.25, 0.3) is 5.69 Å².